The van der Waals surface area contributed by atoms with Crippen LogP contribution in [0.2, 0.25) is 0 Å². The summed E-state index contributed by atoms with van der Waals surface area (Å²) in [4.78, 5) is 38.4. The topological polar surface area (TPSA) is 78.9 Å². The second-order valence-corrected chi connectivity index (χ2v) is 23.8. The maximum Gasteiger partial charge on any atom is 0.306 e. The molecule has 0 saturated heterocycles. The molecule has 1 unspecified atom stereocenters. The Morgan fingerprint density at radius 2 is 0.450 bits per heavy atom. The van der Waals surface area contributed by atoms with Crippen LogP contribution in [0.15, 0.2) is 60.8 Å². The van der Waals surface area contributed by atoms with Crippen LogP contribution in [0.4, 0.5) is 0 Å². The normalized spacial score (nSPS) is 12.4. The van der Waals surface area contributed by atoms with Crippen LogP contribution < -0.4 is 0 Å². The molecule has 0 bridgehead atoms. The van der Waals surface area contributed by atoms with E-state index in [0.29, 0.717) is 19.3 Å². The molecule has 0 heterocycles. The summed E-state index contributed by atoms with van der Waals surface area (Å²) in [6, 6.07) is 0. The van der Waals surface area contributed by atoms with Gasteiger partial charge in [0.2, 0.25) is 0 Å². The van der Waals surface area contributed by atoms with Crippen LogP contribution in [-0.4, -0.2) is 37.2 Å². The summed E-state index contributed by atoms with van der Waals surface area (Å²) in [7, 11) is 0. The highest BCUT2D eigenvalue weighted by molar-refractivity contribution is 5.71. The summed E-state index contributed by atoms with van der Waals surface area (Å²) in [5.41, 5.74) is 0. The van der Waals surface area contributed by atoms with Crippen LogP contribution in [0.3, 0.4) is 0 Å². The lowest BCUT2D eigenvalue weighted by molar-refractivity contribution is -0.167. The Labute approximate surface area is 498 Å². The van der Waals surface area contributed by atoms with Crippen molar-refractivity contribution >= 4 is 17.9 Å². The first kappa shape index (κ1) is 77.1. The molecule has 0 aromatic rings. The van der Waals surface area contributed by atoms with Gasteiger partial charge in [-0.25, -0.2) is 0 Å². The zero-order chi connectivity index (χ0) is 57.8. The minimum absolute atomic E-state index is 0.0752. The second-order valence-electron chi connectivity index (χ2n) is 23.8. The van der Waals surface area contributed by atoms with E-state index in [2.05, 4.69) is 81.5 Å². The summed E-state index contributed by atoms with van der Waals surface area (Å²) in [6.07, 6.45) is 88.2. The van der Waals surface area contributed by atoms with Gasteiger partial charge in [0.15, 0.2) is 6.10 Å². The number of unbranched alkanes of at least 4 members (excludes halogenated alkanes) is 44. The Morgan fingerprint density at radius 3 is 0.725 bits per heavy atom. The van der Waals surface area contributed by atoms with Gasteiger partial charge in [-0.15, -0.1) is 0 Å². The number of ether oxygens (including phenoxy) is 3. The summed E-state index contributed by atoms with van der Waals surface area (Å²) in [5.74, 6) is -0.868. The molecule has 0 spiro atoms. The molecule has 0 rings (SSSR count). The number of carbonyl (C=O) groups is 3. The number of rotatable bonds is 65. The fourth-order valence-corrected chi connectivity index (χ4v) is 10.4. The minimum Gasteiger partial charge on any atom is -0.462 e. The van der Waals surface area contributed by atoms with Crippen molar-refractivity contribution in [1.29, 1.82) is 0 Å². The SMILES string of the molecule is CCCCCC/C=C\CCCCCCCC(=O)OCC(COC(=O)CCCCCCCCCCCCCCCCCC/C=C\C/C=C\C/C=C\CCCCCCC)OC(=O)CCCCCCCCC/C=C\CCCCCCCCC. The molecule has 0 saturated carbocycles. The van der Waals surface area contributed by atoms with E-state index in [1.165, 1.54) is 257 Å². The smallest absolute Gasteiger partial charge is 0.306 e. The number of esters is 3. The number of hydrogen-bond acceptors (Lipinski definition) is 6. The summed E-state index contributed by atoms with van der Waals surface area (Å²) in [5, 5.41) is 0. The van der Waals surface area contributed by atoms with Crippen molar-refractivity contribution < 1.29 is 28.6 Å². The van der Waals surface area contributed by atoms with Gasteiger partial charge in [-0.1, -0.05) is 306 Å². The Balaban J connectivity index is 4.19. The lowest BCUT2D eigenvalue weighted by Gasteiger charge is -2.18. The highest BCUT2D eigenvalue weighted by Crippen LogP contribution is 2.17. The highest BCUT2D eigenvalue weighted by Gasteiger charge is 2.19. The predicted molar refractivity (Wildman–Crippen MR) is 348 cm³/mol. The molecule has 6 nitrogen and oxygen atoms in total. The molecule has 6 heteroatoms. The van der Waals surface area contributed by atoms with E-state index in [9.17, 15) is 14.4 Å². The average molecular weight is 1120 g/mol. The second kappa shape index (κ2) is 68.6. The summed E-state index contributed by atoms with van der Waals surface area (Å²) >= 11 is 0. The van der Waals surface area contributed by atoms with Crippen LogP contribution in [0, 0.1) is 0 Å². The van der Waals surface area contributed by atoms with Crippen LogP contribution in [0.1, 0.15) is 374 Å². The van der Waals surface area contributed by atoms with Crippen molar-refractivity contribution in [3.63, 3.8) is 0 Å². The van der Waals surface area contributed by atoms with Crippen molar-refractivity contribution in [3.05, 3.63) is 60.8 Å². The van der Waals surface area contributed by atoms with E-state index in [0.717, 1.165) is 77.0 Å². The zero-order valence-electron chi connectivity index (χ0n) is 53.6. The molecule has 0 aromatic carbocycles. The van der Waals surface area contributed by atoms with E-state index in [-0.39, 0.29) is 31.1 Å². The number of allylic oxidation sites excluding steroid dienone is 10. The molecule has 0 aliphatic carbocycles. The van der Waals surface area contributed by atoms with E-state index >= 15 is 0 Å². The molecule has 0 N–H and O–H groups in total. The van der Waals surface area contributed by atoms with Crippen molar-refractivity contribution in [3.8, 4) is 0 Å². The Morgan fingerprint density at radius 1 is 0.250 bits per heavy atom. The van der Waals surface area contributed by atoms with E-state index in [1.54, 1.807) is 0 Å². The van der Waals surface area contributed by atoms with Crippen molar-refractivity contribution in [2.75, 3.05) is 13.2 Å². The van der Waals surface area contributed by atoms with E-state index < -0.39 is 6.10 Å². The van der Waals surface area contributed by atoms with Crippen LogP contribution in [-0.2, 0) is 28.6 Å². The third-order valence-electron chi connectivity index (χ3n) is 15.7. The molecule has 1 atom stereocenters. The number of carbonyl (C=O) groups excluding carboxylic acids is 3. The van der Waals surface area contributed by atoms with E-state index in [4.69, 9.17) is 14.2 Å². The summed E-state index contributed by atoms with van der Waals surface area (Å²) < 4.78 is 17.0. The summed E-state index contributed by atoms with van der Waals surface area (Å²) in [6.45, 7) is 6.65. The Bertz CT molecular complexity index is 1430. The van der Waals surface area contributed by atoms with E-state index in [1.807, 2.05) is 0 Å². The fraction of sp³-hybridized carbons (Fsp3) is 0.824. The molecule has 466 valence electrons. The van der Waals surface area contributed by atoms with Crippen molar-refractivity contribution in [1.82, 2.24) is 0 Å². The standard InChI is InChI=1S/C74H134O6/c1-4-7-10-13-16-19-22-25-27-29-31-32-33-34-35-36-37-38-39-40-41-42-43-45-46-49-52-55-58-61-64-67-73(76)79-70-71(69-78-72(75)66-63-60-57-54-51-48-24-21-18-15-12-9-6-3)80-74(77)68-65-62-59-56-53-50-47-44-30-28-26-23-20-17-14-11-8-5-2/h21-22,24-25,28-31,33-34,71H,4-20,23,26-27,32,35-70H2,1-3H3/b24-21-,25-22-,30-28-,31-29-,34-33-. The molecule has 0 fully saturated rings. The maximum absolute atomic E-state index is 12.9. The quantitative estimate of drug-likeness (QED) is 0.0261. The molecule has 0 aromatic heterocycles. The van der Waals surface area contributed by atoms with Gasteiger partial charge in [-0.05, 0) is 109 Å². The fourth-order valence-electron chi connectivity index (χ4n) is 10.4. The lowest BCUT2D eigenvalue weighted by Crippen LogP contribution is -2.30. The Kier molecular flexibility index (Phi) is 66.1. The Hall–Kier alpha value is -2.89. The minimum atomic E-state index is -0.779. The first-order valence-electron chi connectivity index (χ1n) is 35.3. The third-order valence-corrected chi connectivity index (χ3v) is 15.7. The first-order chi connectivity index (χ1) is 39.5. The van der Waals surface area contributed by atoms with Gasteiger partial charge < -0.3 is 14.2 Å². The lowest BCUT2D eigenvalue weighted by atomic mass is 10.0. The van der Waals surface area contributed by atoms with Gasteiger partial charge in [0.25, 0.3) is 0 Å². The molecular formula is C74H134O6. The highest BCUT2D eigenvalue weighted by atomic mass is 16.6. The number of hydrogen-bond donors (Lipinski definition) is 0. The monoisotopic (exact) mass is 1120 g/mol. The van der Waals surface area contributed by atoms with Crippen LogP contribution in [0.25, 0.3) is 0 Å². The molecule has 0 amide bonds. The molecule has 0 aliphatic rings. The third kappa shape index (κ3) is 65.9. The molecule has 0 aliphatic heterocycles. The van der Waals surface area contributed by atoms with Gasteiger partial charge in [0.1, 0.15) is 13.2 Å². The maximum atomic E-state index is 12.9. The van der Waals surface area contributed by atoms with Crippen molar-refractivity contribution in [2.24, 2.45) is 0 Å². The first-order valence-corrected chi connectivity index (χ1v) is 35.3. The average Bonchev–Trinajstić information content (AvgIpc) is 3.46. The van der Waals surface area contributed by atoms with Gasteiger partial charge in [-0.2, -0.15) is 0 Å². The molecule has 80 heavy (non-hydrogen) atoms. The largest absolute Gasteiger partial charge is 0.462 e. The van der Waals surface area contributed by atoms with Gasteiger partial charge >= 0.3 is 17.9 Å². The van der Waals surface area contributed by atoms with Gasteiger partial charge in [0, 0.05) is 19.3 Å². The van der Waals surface area contributed by atoms with Gasteiger partial charge in [0.05, 0.1) is 0 Å². The molecular weight excluding hydrogens is 985 g/mol. The predicted octanol–water partition coefficient (Wildman–Crippen LogP) is 24.3. The molecule has 0 radical (unpaired) electrons. The van der Waals surface area contributed by atoms with Crippen LogP contribution in [0.5, 0.6) is 0 Å². The van der Waals surface area contributed by atoms with Crippen molar-refractivity contribution in [2.45, 2.75) is 380 Å². The van der Waals surface area contributed by atoms with Gasteiger partial charge in [-0.3, -0.25) is 14.4 Å². The van der Waals surface area contributed by atoms with Crippen LogP contribution >= 0.6 is 0 Å². The zero-order valence-corrected chi connectivity index (χ0v) is 53.6.